The third-order valence-electron chi connectivity index (χ3n) is 14.5. The number of carbonyl (C=O) groups is 2. The van der Waals surface area contributed by atoms with Crippen LogP contribution in [-0.4, -0.2) is 47.4 Å². The minimum absolute atomic E-state index is 0.0131. The summed E-state index contributed by atoms with van der Waals surface area (Å²) in [6.07, 6.45) is 72.2. The molecule has 0 heterocycles. The van der Waals surface area contributed by atoms with Gasteiger partial charge < -0.3 is 20.3 Å². The first kappa shape index (κ1) is 67.3. The molecule has 2 atom stereocenters. The number of allylic oxidation sites excluding steroid dienone is 3. The van der Waals surface area contributed by atoms with Crippen molar-refractivity contribution >= 4 is 11.9 Å². The quantitative estimate of drug-likeness (QED) is 0.0321. The molecule has 408 valence electrons. The second kappa shape index (κ2) is 58.9. The van der Waals surface area contributed by atoms with Crippen molar-refractivity contribution in [3.8, 4) is 0 Å². The second-order valence-electron chi connectivity index (χ2n) is 21.4. The largest absolute Gasteiger partial charge is 0.466 e. The molecule has 0 saturated carbocycles. The van der Waals surface area contributed by atoms with Gasteiger partial charge in [0.15, 0.2) is 0 Å². The zero-order valence-electron chi connectivity index (χ0n) is 46.6. The van der Waals surface area contributed by atoms with Gasteiger partial charge in [0.1, 0.15) is 0 Å². The van der Waals surface area contributed by atoms with E-state index >= 15 is 0 Å². The molecule has 1 amide bonds. The highest BCUT2D eigenvalue weighted by molar-refractivity contribution is 5.76. The molecule has 0 aliphatic rings. The van der Waals surface area contributed by atoms with Crippen molar-refractivity contribution in [1.82, 2.24) is 5.32 Å². The van der Waals surface area contributed by atoms with Crippen LogP contribution in [0.15, 0.2) is 24.3 Å². The third-order valence-corrected chi connectivity index (χ3v) is 14.5. The summed E-state index contributed by atoms with van der Waals surface area (Å²) < 4.78 is 5.49. The van der Waals surface area contributed by atoms with Crippen molar-refractivity contribution in [2.45, 2.75) is 353 Å². The fourth-order valence-electron chi connectivity index (χ4n) is 9.69. The minimum Gasteiger partial charge on any atom is -0.466 e. The summed E-state index contributed by atoms with van der Waals surface area (Å²) >= 11 is 0. The molecule has 2 unspecified atom stereocenters. The van der Waals surface area contributed by atoms with Crippen LogP contribution in [0.5, 0.6) is 0 Å². The Morgan fingerprint density at radius 1 is 0.391 bits per heavy atom. The summed E-state index contributed by atoms with van der Waals surface area (Å²) in [5, 5.41) is 23.1. The first-order valence-electron chi connectivity index (χ1n) is 31.1. The zero-order valence-corrected chi connectivity index (χ0v) is 46.6. The van der Waals surface area contributed by atoms with Crippen LogP contribution in [0.3, 0.4) is 0 Å². The molecule has 6 nitrogen and oxygen atoms in total. The maximum Gasteiger partial charge on any atom is 0.305 e. The summed E-state index contributed by atoms with van der Waals surface area (Å²) in [4.78, 5) is 24.5. The number of unbranched alkanes of at least 4 members (excludes halogenated alkanes) is 45. The van der Waals surface area contributed by atoms with Gasteiger partial charge in [-0.2, -0.15) is 0 Å². The molecule has 0 aromatic heterocycles. The number of amides is 1. The van der Waals surface area contributed by atoms with E-state index in [9.17, 15) is 19.8 Å². The highest BCUT2D eigenvalue weighted by Gasteiger charge is 2.18. The SMILES string of the molecule is CCCCCCCCCCCCCC/C=C/C(O)C(CO)NC(=O)CCCCCCCCC/C=C\CCCCCCCCCCCCCOC(=O)CCCCCCCCCCCCCCCCCC. The average Bonchev–Trinajstić information content (AvgIpc) is 3.35. The number of esters is 1. The predicted octanol–water partition coefficient (Wildman–Crippen LogP) is 19.4. The van der Waals surface area contributed by atoms with E-state index in [-0.39, 0.29) is 18.5 Å². The smallest absolute Gasteiger partial charge is 0.305 e. The molecule has 0 aromatic carbocycles. The van der Waals surface area contributed by atoms with Crippen LogP contribution in [0.25, 0.3) is 0 Å². The molecule has 0 saturated heterocycles. The van der Waals surface area contributed by atoms with Crippen molar-refractivity contribution in [3.63, 3.8) is 0 Å². The Kier molecular flexibility index (Phi) is 57.5. The van der Waals surface area contributed by atoms with E-state index in [1.807, 2.05) is 6.08 Å². The number of hydrogen-bond acceptors (Lipinski definition) is 5. The van der Waals surface area contributed by atoms with Gasteiger partial charge in [0, 0.05) is 12.8 Å². The van der Waals surface area contributed by atoms with Crippen molar-refractivity contribution in [3.05, 3.63) is 24.3 Å². The van der Waals surface area contributed by atoms with E-state index in [0.717, 1.165) is 44.9 Å². The molecular formula is C63H121NO5. The van der Waals surface area contributed by atoms with Gasteiger partial charge in [-0.1, -0.05) is 295 Å². The number of carbonyl (C=O) groups excluding carboxylic acids is 2. The summed E-state index contributed by atoms with van der Waals surface area (Å²) in [6.45, 7) is 4.92. The summed E-state index contributed by atoms with van der Waals surface area (Å²) in [6, 6.07) is -0.632. The molecule has 6 heteroatoms. The van der Waals surface area contributed by atoms with Crippen molar-refractivity contribution in [2.24, 2.45) is 0 Å². The second-order valence-corrected chi connectivity index (χ2v) is 21.4. The van der Waals surface area contributed by atoms with E-state index in [2.05, 4.69) is 31.3 Å². The van der Waals surface area contributed by atoms with Crippen LogP contribution < -0.4 is 5.32 Å². The summed E-state index contributed by atoms with van der Waals surface area (Å²) in [5.74, 6) is -0.0607. The number of rotatable bonds is 58. The number of aliphatic hydroxyl groups is 2. The molecule has 0 bridgehead atoms. The van der Waals surface area contributed by atoms with Crippen LogP contribution in [0, 0.1) is 0 Å². The fourth-order valence-corrected chi connectivity index (χ4v) is 9.69. The third kappa shape index (κ3) is 55.5. The topological polar surface area (TPSA) is 95.9 Å². The lowest BCUT2D eigenvalue weighted by Gasteiger charge is -2.20. The Hall–Kier alpha value is -1.66. The van der Waals surface area contributed by atoms with E-state index in [4.69, 9.17) is 4.74 Å². The van der Waals surface area contributed by atoms with Gasteiger partial charge in [-0.05, 0) is 57.8 Å². The molecular weight excluding hydrogens is 851 g/mol. The Balaban J connectivity index is 3.41. The highest BCUT2D eigenvalue weighted by Crippen LogP contribution is 2.17. The summed E-state index contributed by atoms with van der Waals surface area (Å²) in [7, 11) is 0. The van der Waals surface area contributed by atoms with Crippen LogP contribution in [0.4, 0.5) is 0 Å². The van der Waals surface area contributed by atoms with Crippen LogP contribution in [-0.2, 0) is 14.3 Å². The van der Waals surface area contributed by atoms with Crippen LogP contribution in [0.1, 0.15) is 341 Å². The van der Waals surface area contributed by atoms with Gasteiger partial charge in [0.05, 0.1) is 25.4 Å². The monoisotopic (exact) mass is 972 g/mol. The minimum atomic E-state index is -0.848. The van der Waals surface area contributed by atoms with E-state index in [1.54, 1.807) is 6.08 Å². The van der Waals surface area contributed by atoms with E-state index in [1.165, 1.54) is 270 Å². The van der Waals surface area contributed by atoms with Gasteiger partial charge in [-0.15, -0.1) is 0 Å². The van der Waals surface area contributed by atoms with Crippen molar-refractivity contribution in [1.29, 1.82) is 0 Å². The standard InChI is InChI=1S/C63H121NO5/c1-3-5-7-9-11-13-15-17-19-29-33-37-41-45-49-53-57-63(68)69-58-54-50-46-42-38-34-30-27-25-23-21-20-22-24-26-28-32-36-40-44-48-52-56-62(67)64-60(59-65)61(66)55-51-47-43-39-35-31-18-16-14-12-10-8-6-4-2/h22,24,51,55,60-61,65-66H,3-21,23,25-50,52-54,56-59H2,1-2H3,(H,64,67)/b24-22-,55-51+. The maximum absolute atomic E-state index is 12.5. The van der Waals surface area contributed by atoms with Gasteiger partial charge in [-0.25, -0.2) is 0 Å². The van der Waals surface area contributed by atoms with Crippen molar-refractivity contribution in [2.75, 3.05) is 13.2 Å². The first-order valence-corrected chi connectivity index (χ1v) is 31.1. The molecule has 0 aromatic rings. The first-order chi connectivity index (χ1) is 34.0. The number of hydrogen-bond donors (Lipinski definition) is 3. The fraction of sp³-hybridized carbons (Fsp3) is 0.905. The zero-order chi connectivity index (χ0) is 50.0. The number of ether oxygens (including phenoxy) is 1. The summed E-state index contributed by atoms with van der Waals surface area (Å²) in [5.41, 5.74) is 0. The van der Waals surface area contributed by atoms with Crippen molar-refractivity contribution < 1.29 is 24.5 Å². The molecule has 69 heavy (non-hydrogen) atoms. The van der Waals surface area contributed by atoms with E-state index in [0.29, 0.717) is 19.4 Å². The molecule has 0 aliphatic heterocycles. The lowest BCUT2D eigenvalue weighted by molar-refractivity contribution is -0.143. The predicted molar refractivity (Wildman–Crippen MR) is 301 cm³/mol. The molecule has 0 aliphatic carbocycles. The van der Waals surface area contributed by atoms with Gasteiger partial charge in [0.2, 0.25) is 5.91 Å². The lowest BCUT2D eigenvalue weighted by atomic mass is 10.0. The highest BCUT2D eigenvalue weighted by atomic mass is 16.5. The Bertz CT molecular complexity index is 1080. The molecule has 0 spiro atoms. The lowest BCUT2D eigenvalue weighted by Crippen LogP contribution is -2.45. The Morgan fingerprint density at radius 3 is 1.03 bits per heavy atom. The number of aliphatic hydroxyl groups excluding tert-OH is 2. The molecule has 0 radical (unpaired) electrons. The van der Waals surface area contributed by atoms with Gasteiger partial charge in [0.25, 0.3) is 0 Å². The maximum atomic E-state index is 12.5. The molecule has 0 rings (SSSR count). The van der Waals surface area contributed by atoms with Crippen LogP contribution in [0.2, 0.25) is 0 Å². The number of nitrogens with one attached hydrogen (secondary N) is 1. The van der Waals surface area contributed by atoms with E-state index < -0.39 is 12.1 Å². The van der Waals surface area contributed by atoms with Gasteiger partial charge >= 0.3 is 5.97 Å². The molecule has 0 fully saturated rings. The molecule has 3 N–H and O–H groups in total. The normalized spacial score (nSPS) is 12.7. The Labute approximate surface area is 431 Å². The van der Waals surface area contributed by atoms with Crippen LogP contribution >= 0.6 is 0 Å². The van der Waals surface area contributed by atoms with Gasteiger partial charge in [-0.3, -0.25) is 9.59 Å². The Morgan fingerprint density at radius 2 is 0.681 bits per heavy atom. The average molecular weight is 973 g/mol.